The standard InChI is InChI=1S/C15H23NO3S/c1-2-16-13(11-20-9-6-17)12-4-5-14-15(10-12)19-8-3-7-18-14/h4-5,10,13,16-17H,2-3,6-9,11H2,1H3. The quantitative estimate of drug-likeness (QED) is 0.756. The second-order valence-corrected chi connectivity index (χ2v) is 5.82. The van der Waals surface area contributed by atoms with E-state index in [1.165, 1.54) is 5.56 Å². The zero-order valence-electron chi connectivity index (χ0n) is 11.9. The highest BCUT2D eigenvalue weighted by molar-refractivity contribution is 7.99. The molecule has 112 valence electrons. The van der Waals surface area contributed by atoms with Crippen molar-refractivity contribution in [1.82, 2.24) is 5.32 Å². The van der Waals surface area contributed by atoms with Crippen molar-refractivity contribution in [1.29, 1.82) is 0 Å². The topological polar surface area (TPSA) is 50.7 Å². The van der Waals surface area contributed by atoms with Crippen LogP contribution in [0.1, 0.15) is 24.9 Å². The van der Waals surface area contributed by atoms with Crippen LogP contribution < -0.4 is 14.8 Å². The summed E-state index contributed by atoms with van der Waals surface area (Å²) in [6, 6.07) is 6.44. The lowest BCUT2D eigenvalue weighted by Gasteiger charge is -2.19. The Bertz CT molecular complexity index is 414. The Kier molecular flexibility index (Phi) is 6.50. The fraction of sp³-hybridized carbons (Fsp3) is 0.600. The minimum Gasteiger partial charge on any atom is -0.490 e. The summed E-state index contributed by atoms with van der Waals surface area (Å²) in [6.07, 6.45) is 0.924. The largest absolute Gasteiger partial charge is 0.490 e. The molecule has 1 aliphatic heterocycles. The summed E-state index contributed by atoms with van der Waals surface area (Å²) in [5.41, 5.74) is 1.21. The van der Waals surface area contributed by atoms with E-state index in [2.05, 4.69) is 24.4 Å². The van der Waals surface area contributed by atoms with E-state index in [0.29, 0.717) is 6.61 Å². The van der Waals surface area contributed by atoms with E-state index < -0.39 is 0 Å². The zero-order valence-corrected chi connectivity index (χ0v) is 12.7. The van der Waals surface area contributed by atoms with Crippen LogP contribution in [0.25, 0.3) is 0 Å². The Labute approximate surface area is 124 Å². The van der Waals surface area contributed by atoms with Gasteiger partial charge in [-0.2, -0.15) is 11.8 Å². The van der Waals surface area contributed by atoms with E-state index >= 15 is 0 Å². The highest BCUT2D eigenvalue weighted by atomic mass is 32.2. The number of fused-ring (bicyclic) bond motifs is 1. The molecule has 1 aromatic rings. The van der Waals surface area contributed by atoms with Gasteiger partial charge in [-0.15, -0.1) is 0 Å². The van der Waals surface area contributed by atoms with Gasteiger partial charge < -0.3 is 19.9 Å². The Balaban J connectivity index is 2.09. The molecule has 0 bridgehead atoms. The number of ether oxygens (including phenoxy) is 2. The van der Waals surface area contributed by atoms with Crippen molar-refractivity contribution in [3.63, 3.8) is 0 Å². The summed E-state index contributed by atoms with van der Waals surface area (Å²) >= 11 is 1.75. The van der Waals surface area contributed by atoms with Gasteiger partial charge in [0.15, 0.2) is 11.5 Å². The van der Waals surface area contributed by atoms with Crippen LogP contribution in [0.3, 0.4) is 0 Å². The fourth-order valence-electron chi connectivity index (χ4n) is 2.18. The molecule has 5 heteroatoms. The first-order valence-corrected chi connectivity index (χ1v) is 8.32. The molecule has 2 N–H and O–H groups in total. The van der Waals surface area contributed by atoms with Crippen LogP contribution in [0.4, 0.5) is 0 Å². The molecule has 0 aliphatic carbocycles. The molecular formula is C15H23NO3S. The van der Waals surface area contributed by atoms with Gasteiger partial charge >= 0.3 is 0 Å². The van der Waals surface area contributed by atoms with Crippen molar-refractivity contribution in [2.45, 2.75) is 19.4 Å². The number of aliphatic hydroxyl groups excluding tert-OH is 1. The summed E-state index contributed by atoms with van der Waals surface area (Å²) in [5, 5.41) is 12.4. The smallest absolute Gasteiger partial charge is 0.161 e. The van der Waals surface area contributed by atoms with Crippen LogP contribution in [0.2, 0.25) is 0 Å². The lowest BCUT2D eigenvalue weighted by molar-refractivity contribution is 0.297. The lowest BCUT2D eigenvalue weighted by atomic mass is 10.1. The monoisotopic (exact) mass is 297 g/mol. The van der Waals surface area contributed by atoms with Crippen molar-refractivity contribution in [3.8, 4) is 11.5 Å². The third kappa shape index (κ3) is 4.30. The van der Waals surface area contributed by atoms with Gasteiger partial charge in [0.05, 0.1) is 19.8 Å². The van der Waals surface area contributed by atoms with E-state index in [4.69, 9.17) is 14.6 Å². The third-order valence-electron chi connectivity index (χ3n) is 3.14. The molecule has 0 fully saturated rings. The third-order valence-corrected chi connectivity index (χ3v) is 4.18. The predicted octanol–water partition coefficient (Wildman–Crippen LogP) is 2.22. The minimum atomic E-state index is 0.227. The lowest BCUT2D eigenvalue weighted by Crippen LogP contribution is -2.23. The average molecular weight is 297 g/mol. The maximum absolute atomic E-state index is 8.89. The van der Waals surface area contributed by atoms with Crippen molar-refractivity contribution in [2.75, 3.05) is 37.9 Å². The molecular weight excluding hydrogens is 274 g/mol. The first kappa shape index (κ1) is 15.5. The van der Waals surface area contributed by atoms with E-state index in [0.717, 1.165) is 42.6 Å². The fourth-order valence-corrected chi connectivity index (χ4v) is 3.02. The maximum atomic E-state index is 8.89. The number of aliphatic hydroxyl groups is 1. The van der Waals surface area contributed by atoms with Crippen LogP contribution in [0.5, 0.6) is 11.5 Å². The van der Waals surface area contributed by atoms with E-state index in [9.17, 15) is 0 Å². The Morgan fingerprint density at radius 1 is 1.30 bits per heavy atom. The zero-order chi connectivity index (χ0) is 14.2. The summed E-state index contributed by atoms with van der Waals surface area (Å²) in [5.74, 6) is 3.39. The number of hydrogen-bond donors (Lipinski definition) is 2. The van der Waals surface area contributed by atoms with Gasteiger partial charge in [-0.3, -0.25) is 0 Å². The van der Waals surface area contributed by atoms with Crippen LogP contribution in [-0.4, -0.2) is 43.0 Å². The average Bonchev–Trinajstić information content (AvgIpc) is 2.71. The number of benzene rings is 1. The minimum absolute atomic E-state index is 0.227. The Morgan fingerprint density at radius 2 is 2.10 bits per heavy atom. The highest BCUT2D eigenvalue weighted by Gasteiger charge is 2.15. The second-order valence-electron chi connectivity index (χ2n) is 4.67. The van der Waals surface area contributed by atoms with Gasteiger partial charge in [0, 0.05) is 24.0 Å². The van der Waals surface area contributed by atoms with Crippen LogP contribution in [-0.2, 0) is 0 Å². The Hall–Kier alpha value is -0.910. The van der Waals surface area contributed by atoms with Crippen molar-refractivity contribution >= 4 is 11.8 Å². The van der Waals surface area contributed by atoms with Gasteiger partial charge in [-0.05, 0) is 24.2 Å². The van der Waals surface area contributed by atoms with Gasteiger partial charge in [0.25, 0.3) is 0 Å². The van der Waals surface area contributed by atoms with Gasteiger partial charge in [-0.1, -0.05) is 13.0 Å². The summed E-state index contributed by atoms with van der Waals surface area (Å²) in [7, 11) is 0. The van der Waals surface area contributed by atoms with Crippen LogP contribution in [0.15, 0.2) is 18.2 Å². The maximum Gasteiger partial charge on any atom is 0.161 e. The predicted molar refractivity (Wildman–Crippen MR) is 82.9 cm³/mol. The molecule has 2 rings (SSSR count). The van der Waals surface area contributed by atoms with Crippen molar-refractivity contribution < 1.29 is 14.6 Å². The van der Waals surface area contributed by atoms with E-state index in [1.807, 2.05) is 6.07 Å². The molecule has 0 saturated carbocycles. The number of hydrogen-bond acceptors (Lipinski definition) is 5. The molecule has 0 aromatic heterocycles. The molecule has 1 heterocycles. The summed E-state index contributed by atoms with van der Waals surface area (Å²) in [4.78, 5) is 0. The summed E-state index contributed by atoms with van der Waals surface area (Å²) in [6.45, 7) is 4.67. The molecule has 1 aliphatic rings. The molecule has 0 amide bonds. The molecule has 0 saturated heterocycles. The molecule has 0 spiro atoms. The molecule has 20 heavy (non-hydrogen) atoms. The number of nitrogens with one attached hydrogen (secondary N) is 1. The molecule has 0 radical (unpaired) electrons. The van der Waals surface area contributed by atoms with E-state index in [-0.39, 0.29) is 12.6 Å². The molecule has 4 nitrogen and oxygen atoms in total. The van der Waals surface area contributed by atoms with E-state index in [1.54, 1.807) is 11.8 Å². The van der Waals surface area contributed by atoms with Gasteiger partial charge in [0.1, 0.15) is 0 Å². The first-order chi connectivity index (χ1) is 9.85. The molecule has 1 atom stereocenters. The SMILES string of the molecule is CCNC(CSCCO)c1ccc2c(c1)OCCCO2. The number of rotatable bonds is 7. The van der Waals surface area contributed by atoms with Crippen LogP contribution >= 0.6 is 11.8 Å². The number of thioether (sulfide) groups is 1. The molecule has 1 unspecified atom stereocenters. The van der Waals surface area contributed by atoms with Crippen molar-refractivity contribution in [2.24, 2.45) is 0 Å². The van der Waals surface area contributed by atoms with Crippen LogP contribution in [0, 0.1) is 0 Å². The van der Waals surface area contributed by atoms with Crippen molar-refractivity contribution in [3.05, 3.63) is 23.8 Å². The highest BCUT2D eigenvalue weighted by Crippen LogP contribution is 2.33. The Morgan fingerprint density at radius 3 is 2.85 bits per heavy atom. The normalized spacial score (nSPS) is 15.7. The first-order valence-electron chi connectivity index (χ1n) is 7.16. The summed E-state index contributed by atoms with van der Waals surface area (Å²) < 4.78 is 11.4. The molecule has 1 aromatic carbocycles. The van der Waals surface area contributed by atoms with Gasteiger partial charge in [0.2, 0.25) is 0 Å². The van der Waals surface area contributed by atoms with Gasteiger partial charge in [-0.25, -0.2) is 0 Å². The second kappa shape index (κ2) is 8.39.